The van der Waals surface area contributed by atoms with Crippen LogP contribution in [0.15, 0.2) is 59.7 Å². The molecule has 2 aromatic heterocycles. The van der Waals surface area contributed by atoms with E-state index >= 15 is 0 Å². The smallest absolute Gasteiger partial charge is 0.267 e. The Morgan fingerprint density at radius 1 is 1.13 bits per heavy atom. The molecule has 0 spiro atoms. The van der Waals surface area contributed by atoms with Gasteiger partial charge in [0.05, 0.1) is 17.6 Å². The van der Waals surface area contributed by atoms with Crippen LogP contribution in [0.4, 0.5) is 8.78 Å². The van der Waals surface area contributed by atoms with Crippen LogP contribution in [0.1, 0.15) is 17.6 Å². The SMILES string of the molecule is Cc1cc(-c2ccc(C(F)F)cc2)nn(-c2cccnc2)c1=O. The van der Waals surface area contributed by atoms with Crippen molar-refractivity contribution in [3.8, 4) is 16.9 Å². The van der Waals surface area contributed by atoms with E-state index in [-0.39, 0.29) is 11.1 Å². The van der Waals surface area contributed by atoms with E-state index in [1.807, 2.05) is 0 Å². The summed E-state index contributed by atoms with van der Waals surface area (Å²) >= 11 is 0. The topological polar surface area (TPSA) is 47.8 Å². The van der Waals surface area contributed by atoms with E-state index in [1.165, 1.54) is 23.0 Å². The lowest BCUT2D eigenvalue weighted by molar-refractivity contribution is 0.151. The van der Waals surface area contributed by atoms with Crippen molar-refractivity contribution in [2.45, 2.75) is 13.3 Å². The van der Waals surface area contributed by atoms with Crippen LogP contribution >= 0.6 is 0 Å². The number of hydrogen-bond acceptors (Lipinski definition) is 3. The molecule has 4 nitrogen and oxygen atoms in total. The van der Waals surface area contributed by atoms with Gasteiger partial charge in [-0.2, -0.15) is 9.78 Å². The Hall–Kier alpha value is -2.89. The minimum Gasteiger partial charge on any atom is -0.267 e. The quantitative estimate of drug-likeness (QED) is 0.743. The molecule has 0 saturated heterocycles. The number of pyridine rings is 1. The van der Waals surface area contributed by atoms with Gasteiger partial charge >= 0.3 is 0 Å². The lowest BCUT2D eigenvalue weighted by Gasteiger charge is -2.09. The van der Waals surface area contributed by atoms with Crippen LogP contribution in [0.25, 0.3) is 16.9 Å². The Bertz CT molecular complexity index is 875. The van der Waals surface area contributed by atoms with Crippen LogP contribution in [0.2, 0.25) is 0 Å². The number of hydrogen-bond donors (Lipinski definition) is 0. The number of rotatable bonds is 3. The summed E-state index contributed by atoms with van der Waals surface area (Å²) in [5.41, 5.74) is 1.96. The van der Waals surface area contributed by atoms with E-state index in [0.717, 1.165) is 0 Å². The first kappa shape index (κ1) is 15.0. The zero-order chi connectivity index (χ0) is 16.4. The molecule has 0 radical (unpaired) electrons. The molecule has 3 rings (SSSR count). The monoisotopic (exact) mass is 313 g/mol. The van der Waals surface area contributed by atoms with Crippen molar-refractivity contribution in [1.29, 1.82) is 0 Å². The number of halogens is 2. The van der Waals surface area contributed by atoms with E-state index in [4.69, 9.17) is 0 Å². The molecule has 0 amide bonds. The van der Waals surface area contributed by atoms with E-state index in [9.17, 15) is 13.6 Å². The first-order valence-corrected chi connectivity index (χ1v) is 6.96. The Balaban J connectivity index is 2.11. The lowest BCUT2D eigenvalue weighted by Crippen LogP contribution is -2.23. The zero-order valence-electron chi connectivity index (χ0n) is 12.3. The maximum atomic E-state index is 12.6. The summed E-state index contributed by atoms with van der Waals surface area (Å²) in [5.74, 6) is 0. The third-order valence-electron chi connectivity index (χ3n) is 3.44. The molecule has 0 aliphatic rings. The highest BCUT2D eigenvalue weighted by Crippen LogP contribution is 2.23. The molecule has 6 heteroatoms. The predicted molar refractivity (Wildman–Crippen MR) is 82.8 cm³/mol. The maximum Gasteiger partial charge on any atom is 0.274 e. The Morgan fingerprint density at radius 3 is 2.48 bits per heavy atom. The second-order valence-corrected chi connectivity index (χ2v) is 5.06. The van der Waals surface area contributed by atoms with Gasteiger partial charge in [0.2, 0.25) is 0 Å². The molecule has 1 aromatic carbocycles. The molecule has 0 bridgehead atoms. The van der Waals surface area contributed by atoms with Crippen molar-refractivity contribution in [1.82, 2.24) is 14.8 Å². The number of alkyl halides is 2. The molecule has 0 saturated carbocycles. The molecule has 0 unspecified atom stereocenters. The van der Waals surface area contributed by atoms with Crippen molar-refractivity contribution in [3.63, 3.8) is 0 Å². The van der Waals surface area contributed by atoms with Crippen molar-refractivity contribution in [2.24, 2.45) is 0 Å². The Kier molecular flexibility index (Phi) is 3.97. The second-order valence-electron chi connectivity index (χ2n) is 5.06. The van der Waals surface area contributed by atoms with Crippen molar-refractivity contribution in [3.05, 3.63) is 76.3 Å². The van der Waals surface area contributed by atoms with Crippen LogP contribution in [-0.2, 0) is 0 Å². The Morgan fingerprint density at radius 2 is 1.87 bits per heavy atom. The van der Waals surface area contributed by atoms with Crippen molar-refractivity contribution < 1.29 is 8.78 Å². The van der Waals surface area contributed by atoms with Gasteiger partial charge in [0.25, 0.3) is 12.0 Å². The van der Waals surface area contributed by atoms with Gasteiger partial charge < -0.3 is 0 Å². The fourth-order valence-corrected chi connectivity index (χ4v) is 2.21. The van der Waals surface area contributed by atoms with E-state index in [2.05, 4.69) is 10.1 Å². The van der Waals surface area contributed by atoms with Crippen LogP contribution < -0.4 is 5.56 Å². The van der Waals surface area contributed by atoms with E-state index < -0.39 is 6.43 Å². The zero-order valence-corrected chi connectivity index (χ0v) is 12.3. The molecular formula is C17H13F2N3O. The van der Waals surface area contributed by atoms with Gasteiger partial charge in [-0.1, -0.05) is 24.3 Å². The standard InChI is InChI=1S/C17H13F2N3O/c1-11-9-15(12-4-6-13(7-5-12)16(18)19)21-22(17(11)23)14-3-2-8-20-10-14/h2-10,16H,1H3. The van der Waals surface area contributed by atoms with Gasteiger partial charge in [-0.15, -0.1) is 0 Å². The average Bonchev–Trinajstić information content (AvgIpc) is 2.58. The largest absolute Gasteiger partial charge is 0.274 e. The fourth-order valence-electron chi connectivity index (χ4n) is 2.21. The molecule has 2 heterocycles. The molecular weight excluding hydrogens is 300 g/mol. The fraction of sp³-hybridized carbons (Fsp3) is 0.118. The average molecular weight is 313 g/mol. The van der Waals surface area contributed by atoms with Crippen LogP contribution in [0.3, 0.4) is 0 Å². The van der Waals surface area contributed by atoms with Crippen LogP contribution in [-0.4, -0.2) is 14.8 Å². The Labute approximate surface area is 131 Å². The maximum absolute atomic E-state index is 12.6. The summed E-state index contributed by atoms with van der Waals surface area (Å²) in [5, 5.41) is 4.32. The third-order valence-corrected chi connectivity index (χ3v) is 3.44. The molecule has 0 N–H and O–H groups in total. The summed E-state index contributed by atoms with van der Waals surface area (Å²) in [6.45, 7) is 1.69. The van der Waals surface area contributed by atoms with Gasteiger partial charge in [-0.3, -0.25) is 9.78 Å². The third kappa shape index (κ3) is 3.01. The summed E-state index contributed by atoms with van der Waals surface area (Å²) in [6.07, 6.45) is 0.634. The molecule has 0 fully saturated rings. The molecule has 3 aromatic rings. The van der Waals surface area contributed by atoms with Gasteiger partial charge in [0.1, 0.15) is 0 Å². The van der Waals surface area contributed by atoms with Gasteiger partial charge in [-0.05, 0) is 25.1 Å². The number of benzene rings is 1. The minimum atomic E-state index is -2.51. The molecule has 23 heavy (non-hydrogen) atoms. The van der Waals surface area contributed by atoms with Gasteiger partial charge in [-0.25, -0.2) is 8.78 Å². The highest BCUT2D eigenvalue weighted by molar-refractivity contribution is 5.59. The summed E-state index contributed by atoms with van der Waals surface area (Å²) in [4.78, 5) is 16.3. The van der Waals surface area contributed by atoms with Crippen LogP contribution in [0, 0.1) is 6.92 Å². The van der Waals surface area contributed by atoms with E-state index in [1.54, 1.807) is 43.5 Å². The highest BCUT2D eigenvalue weighted by Gasteiger charge is 2.11. The van der Waals surface area contributed by atoms with Crippen molar-refractivity contribution in [2.75, 3.05) is 0 Å². The van der Waals surface area contributed by atoms with Gasteiger partial charge in [0.15, 0.2) is 0 Å². The lowest BCUT2D eigenvalue weighted by atomic mass is 10.1. The molecule has 116 valence electrons. The molecule has 0 atom stereocenters. The summed E-state index contributed by atoms with van der Waals surface area (Å²) in [6, 6.07) is 10.9. The summed E-state index contributed by atoms with van der Waals surface area (Å²) < 4.78 is 26.5. The minimum absolute atomic E-state index is 0.0500. The molecule has 0 aliphatic heterocycles. The van der Waals surface area contributed by atoms with Crippen LogP contribution in [0.5, 0.6) is 0 Å². The highest BCUT2D eigenvalue weighted by atomic mass is 19.3. The normalized spacial score (nSPS) is 11.0. The van der Waals surface area contributed by atoms with Crippen molar-refractivity contribution >= 4 is 0 Å². The molecule has 0 aliphatic carbocycles. The predicted octanol–water partition coefficient (Wildman–Crippen LogP) is 3.54. The van der Waals surface area contributed by atoms with E-state index in [0.29, 0.717) is 22.5 Å². The summed E-state index contributed by atoms with van der Waals surface area (Å²) in [7, 11) is 0. The second kappa shape index (κ2) is 6.08. The number of nitrogens with zero attached hydrogens (tertiary/aromatic N) is 3. The van der Waals surface area contributed by atoms with Gasteiger partial charge in [0, 0.05) is 22.9 Å². The first-order valence-electron chi connectivity index (χ1n) is 6.96. The number of aryl methyl sites for hydroxylation is 1. The number of aromatic nitrogens is 3. The first-order chi connectivity index (χ1) is 11.1.